The van der Waals surface area contributed by atoms with E-state index in [-0.39, 0.29) is 11.4 Å². The third-order valence-electron chi connectivity index (χ3n) is 3.54. The number of halogens is 1. The van der Waals surface area contributed by atoms with E-state index < -0.39 is 5.97 Å². The molecule has 0 saturated heterocycles. The van der Waals surface area contributed by atoms with Crippen LogP contribution in [0, 0.1) is 12.7 Å². The molecule has 0 aliphatic heterocycles. The van der Waals surface area contributed by atoms with Gasteiger partial charge in [0, 0.05) is 12.6 Å². The van der Waals surface area contributed by atoms with E-state index >= 15 is 0 Å². The van der Waals surface area contributed by atoms with E-state index in [4.69, 9.17) is 5.11 Å². The lowest BCUT2D eigenvalue weighted by Crippen LogP contribution is -1.96. The molecule has 1 heterocycles. The highest BCUT2D eigenvalue weighted by molar-refractivity contribution is 5.93. The molecule has 1 N–H and O–H groups in total. The predicted octanol–water partition coefficient (Wildman–Crippen LogP) is 3.39. The summed E-state index contributed by atoms with van der Waals surface area (Å²) in [4.78, 5) is 15.5. The molecule has 0 aliphatic rings. The first kappa shape index (κ1) is 13.3. The predicted molar refractivity (Wildman–Crippen MR) is 77.8 cm³/mol. The third kappa shape index (κ3) is 2.16. The fourth-order valence-electron chi connectivity index (χ4n) is 2.37. The van der Waals surface area contributed by atoms with Crippen molar-refractivity contribution >= 4 is 17.0 Å². The number of nitrogens with zero attached hydrogens (tertiary/aromatic N) is 2. The average Bonchev–Trinajstić information content (AvgIpc) is 2.78. The van der Waals surface area contributed by atoms with E-state index in [1.807, 2.05) is 11.6 Å². The van der Waals surface area contributed by atoms with Crippen molar-refractivity contribution in [2.24, 2.45) is 7.05 Å². The lowest BCUT2D eigenvalue weighted by molar-refractivity contribution is 0.0697. The van der Waals surface area contributed by atoms with Crippen LogP contribution < -0.4 is 0 Å². The van der Waals surface area contributed by atoms with Crippen molar-refractivity contribution in [3.63, 3.8) is 0 Å². The quantitative estimate of drug-likeness (QED) is 0.784. The van der Waals surface area contributed by atoms with Crippen molar-refractivity contribution in [2.75, 3.05) is 0 Å². The second-order valence-electron chi connectivity index (χ2n) is 4.97. The zero-order valence-electron chi connectivity index (χ0n) is 11.6. The van der Waals surface area contributed by atoms with Crippen molar-refractivity contribution in [2.45, 2.75) is 6.92 Å². The molecule has 21 heavy (non-hydrogen) atoms. The fraction of sp³-hybridized carbons (Fsp3) is 0.125. The molecule has 0 spiro atoms. The summed E-state index contributed by atoms with van der Waals surface area (Å²) in [6, 6.07) is 9.62. The summed E-state index contributed by atoms with van der Waals surface area (Å²) in [6.07, 6.45) is 0. The molecule has 0 radical (unpaired) electrons. The van der Waals surface area contributed by atoms with Gasteiger partial charge in [-0.15, -0.1) is 0 Å². The molecule has 5 heteroatoms. The second-order valence-corrected chi connectivity index (χ2v) is 4.97. The molecule has 4 nitrogen and oxygen atoms in total. The maximum absolute atomic E-state index is 13.4. The smallest absolute Gasteiger partial charge is 0.335 e. The van der Waals surface area contributed by atoms with Crippen molar-refractivity contribution in [3.8, 4) is 11.4 Å². The van der Waals surface area contributed by atoms with Crippen molar-refractivity contribution in [1.29, 1.82) is 0 Å². The highest BCUT2D eigenvalue weighted by atomic mass is 19.1. The molecule has 106 valence electrons. The minimum absolute atomic E-state index is 0.197. The van der Waals surface area contributed by atoms with Gasteiger partial charge in [-0.2, -0.15) is 0 Å². The Hall–Kier alpha value is -2.69. The Morgan fingerprint density at radius 1 is 1.24 bits per heavy atom. The first-order chi connectivity index (χ1) is 9.97. The molecular weight excluding hydrogens is 271 g/mol. The topological polar surface area (TPSA) is 55.1 Å². The summed E-state index contributed by atoms with van der Waals surface area (Å²) >= 11 is 0. The summed E-state index contributed by atoms with van der Waals surface area (Å²) in [5, 5.41) is 9.03. The molecule has 0 aliphatic carbocycles. The molecule has 0 fully saturated rings. The highest BCUT2D eigenvalue weighted by Crippen LogP contribution is 2.25. The zero-order valence-corrected chi connectivity index (χ0v) is 11.6. The number of hydrogen-bond donors (Lipinski definition) is 1. The van der Waals surface area contributed by atoms with Crippen LogP contribution in [-0.2, 0) is 7.05 Å². The van der Waals surface area contributed by atoms with Crippen LogP contribution in [0.4, 0.5) is 4.39 Å². The summed E-state index contributed by atoms with van der Waals surface area (Å²) < 4.78 is 15.2. The molecule has 3 rings (SSSR count). The zero-order chi connectivity index (χ0) is 15.1. The second kappa shape index (κ2) is 4.70. The van der Waals surface area contributed by atoms with Crippen LogP contribution in [0.1, 0.15) is 15.9 Å². The number of rotatable bonds is 2. The molecule has 2 aromatic carbocycles. The first-order valence-electron chi connectivity index (χ1n) is 6.43. The maximum atomic E-state index is 13.4. The minimum Gasteiger partial charge on any atom is -0.478 e. The summed E-state index contributed by atoms with van der Waals surface area (Å²) in [5.41, 5.74) is 2.98. The number of aromatic carboxylic acids is 1. The molecule has 0 saturated carbocycles. The fourth-order valence-corrected chi connectivity index (χ4v) is 2.37. The van der Waals surface area contributed by atoms with Crippen LogP contribution >= 0.6 is 0 Å². The van der Waals surface area contributed by atoms with E-state index in [1.165, 1.54) is 12.1 Å². The van der Waals surface area contributed by atoms with Gasteiger partial charge in [0.25, 0.3) is 0 Å². The Kier molecular flexibility index (Phi) is 2.97. The lowest BCUT2D eigenvalue weighted by Gasteiger charge is -2.04. The highest BCUT2D eigenvalue weighted by Gasteiger charge is 2.13. The number of carboxylic acids is 1. The van der Waals surface area contributed by atoms with E-state index in [9.17, 15) is 9.18 Å². The van der Waals surface area contributed by atoms with Crippen LogP contribution in [0.25, 0.3) is 22.4 Å². The van der Waals surface area contributed by atoms with Gasteiger partial charge in [-0.1, -0.05) is 0 Å². The average molecular weight is 284 g/mol. The Bertz CT molecular complexity index is 868. The number of aromatic nitrogens is 2. The summed E-state index contributed by atoms with van der Waals surface area (Å²) in [6.45, 7) is 1.70. The number of carbonyl (C=O) groups is 1. The third-order valence-corrected chi connectivity index (χ3v) is 3.54. The summed E-state index contributed by atoms with van der Waals surface area (Å²) in [5.74, 6) is -0.567. The van der Waals surface area contributed by atoms with Gasteiger partial charge in [0.15, 0.2) is 0 Å². The van der Waals surface area contributed by atoms with E-state index in [0.29, 0.717) is 16.9 Å². The Morgan fingerprint density at radius 3 is 2.67 bits per heavy atom. The molecular formula is C16H13FN2O2. The van der Waals surface area contributed by atoms with E-state index in [1.54, 1.807) is 31.2 Å². The van der Waals surface area contributed by atoms with Crippen molar-refractivity contribution in [1.82, 2.24) is 9.55 Å². The lowest BCUT2D eigenvalue weighted by atomic mass is 10.1. The van der Waals surface area contributed by atoms with E-state index in [2.05, 4.69) is 4.98 Å². The number of aryl methyl sites for hydroxylation is 2. The van der Waals surface area contributed by atoms with Crippen LogP contribution in [-0.4, -0.2) is 20.6 Å². The van der Waals surface area contributed by atoms with Gasteiger partial charge in [-0.05, 0) is 48.9 Å². The van der Waals surface area contributed by atoms with Gasteiger partial charge in [0.1, 0.15) is 11.6 Å². The van der Waals surface area contributed by atoms with Crippen LogP contribution in [0.15, 0.2) is 36.4 Å². The molecule has 0 bridgehead atoms. The van der Waals surface area contributed by atoms with Crippen LogP contribution in [0.2, 0.25) is 0 Å². The largest absolute Gasteiger partial charge is 0.478 e. The Morgan fingerprint density at radius 2 is 2.00 bits per heavy atom. The SMILES string of the molecule is Cc1cc(-c2nc3cc(C(=O)O)ccc3n2C)ccc1F. The monoisotopic (exact) mass is 284 g/mol. The number of carboxylic acid groups (broad SMARTS) is 1. The van der Waals surface area contributed by atoms with Crippen LogP contribution in [0.3, 0.4) is 0 Å². The van der Waals surface area contributed by atoms with Gasteiger partial charge < -0.3 is 9.67 Å². The first-order valence-corrected chi connectivity index (χ1v) is 6.43. The van der Waals surface area contributed by atoms with E-state index in [0.717, 1.165) is 11.1 Å². The van der Waals surface area contributed by atoms with Gasteiger partial charge >= 0.3 is 5.97 Å². The normalized spacial score (nSPS) is 11.0. The van der Waals surface area contributed by atoms with Crippen molar-refractivity contribution < 1.29 is 14.3 Å². The number of hydrogen-bond acceptors (Lipinski definition) is 2. The minimum atomic E-state index is -0.985. The van der Waals surface area contributed by atoms with Crippen molar-refractivity contribution in [3.05, 3.63) is 53.3 Å². The molecule has 3 aromatic rings. The molecule has 0 unspecified atom stereocenters. The van der Waals surface area contributed by atoms with Gasteiger partial charge in [-0.3, -0.25) is 0 Å². The maximum Gasteiger partial charge on any atom is 0.335 e. The number of benzene rings is 2. The summed E-state index contributed by atoms with van der Waals surface area (Å²) in [7, 11) is 1.85. The van der Waals surface area contributed by atoms with Gasteiger partial charge in [0.05, 0.1) is 16.6 Å². The Labute approximate surface area is 120 Å². The molecule has 0 amide bonds. The van der Waals surface area contributed by atoms with Gasteiger partial charge in [0.2, 0.25) is 0 Å². The number of fused-ring (bicyclic) bond motifs is 1. The van der Waals surface area contributed by atoms with Gasteiger partial charge in [-0.25, -0.2) is 14.2 Å². The molecule has 0 atom stereocenters. The Balaban J connectivity index is 2.21. The number of imidazole rings is 1. The standard InChI is InChI=1S/C16H13FN2O2/c1-9-7-10(3-5-12(9)17)15-18-13-8-11(16(20)21)4-6-14(13)19(15)2/h3-8H,1-2H3,(H,20,21). The molecule has 1 aromatic heterocycles. The van der Waals surface area contributed by atoms with Crippen LogP contribution in [0.5, 0.6) is 0 Å².